The summed E-state index contributed by atoms with van der Waals surface area (Å²) in [5.74, 6) is -0.0149. The average molecular weight is 248 g/mol. The van der Waals surface area contributed by atoms with Crippen molar-refractivity contribution in [2.24, 2.45) is 0 Å². The van der Waals surface area contributed by atoms with Gasteiger partial charge in [-0.3, -0.25) is 4.79 Å². The Morgan fingerprint density at radius 2 is 2.11 bits per heavy atom. The van der Waals surface area contributed by atoms with E-state index in [2.05, 4.69) is 10.6 Å². The van der Waals surface area contributed by atoms with Gasteiger partial charge in [-0.1, -0.05) is 6.07 Å². The maximum atomic E-state index is 12.1. The molecule has 1 saturated carbocycles. The number of hydrogen-bond donors (Lipinski definition) is 2. The molecule has 4 heteroatoms. The third kappa shape index (κ3) is 2.64. The number of methoxy groups -OCH3 is 1. The summed E-state index contributed by atoms with van der Waals surface area (Å²) in [7, 11) is 3.54. The molecule has 0 aliphatic heterocycles. The van der Waals surface area contributed by atoms with E-state index in [4.69, 9.17) is 4.74 Å². The van der Waals surface area contributed by atoms with Gasteiger partial charge in [-0.25, -0.2) is 0 Å². The number of nitrogens with one attached hydrogen (secondary N) is 2. The second-order valence-electron chi connectivity index (χ2n) is 4.80. The highest BCUT2D eigenvalue weighted by Gasteiger charge is 2.30. The molecule has 98 valence electrons. The second-order valence-corrected chi connectivity index (χ2v) is 4.80. The monoisotopic (exact) mass is 248 g/mol. The van der Waals surface area contributed by atoms with E-state index >= 15 is 0 Å². The molecule has 4 nitrogen and oxygen atoms in total. The SMILES string of the molecule is CNc1cc(C)ccc1C(=O)NC1CC(OC)C1. The third-order valence-corrected chi connectivity index (χ3v) is 3.45. The van der Waals surface area contributed by atoms with Crippen LogP contribution in [0.15, 0.2) is 18.2 Å². The van der Waals surface area contributed by atoms with Crippen LogP contribution in [0.3, 0.4) is 0 Å². The summed E-state index contributed by atoms with van der Waals surface area (Å²) in [6.07, 6.45) is 2.11. The van der Waals surface area contributed by atoms with Gasteiger partial charge in [0.05, 0.1) is 11.7 Å². The Balaban J connectivity index is 2.01. The molecule has 1 aliphatic rings. The van der Waals surface area contributed by atoms with Crippen LogP contribution >= 0.6 is 0 Å². The van der Waals surface area contributed by atoms with E-state index in [1.165, 1.54) is 0 Å². The minimum atomic E-state index is -0.0149. The van der Waals surface area contributed by atoms with Crippen molar-refractivity contribution >= 4 is 11.6 Å². The zero-order chi connectivity index (χ0) is 13.1. The van der Waals surface area contributed by atoms with E-state index in [1.54, 1.807) is 7.11 Å². The Kier molecular flexibility index (Phi) is 3.87. The third-order valence-electron chi connectivity index (χ3n) is 3.45. The normalized spacial score (nSPS) is 22.2. The van der Waals surface area contributed by atoms with E-state index in [0.29, 0.717) is 11.7 Å². The minimum Gasteiger partial charge on any atom is -0.387 e. The number of hydrogen-bond acceptors (Lipinski definition) is 3. The van der Waals surface area contributed by atoms with Crippen molar-refractivity contribution in [1.82, 2.24) is 5.32 Å². The molecule has 2 N–H and O–H groups in total. The fraction of sp³-hybridized carbons (Fsp3) is 0.500. The molecule has 1 aromatic carbocycles. The summed E-state index contributed by atoms with van der Waals surface area (Å²) in [5.41, 5.74) is 2.71. The minimum absolute atomic E-state index is 0.0149. The van der Waals surface area contributed by atoms with E-state index in [9.17, 15) is 4.79 Å². The highest BCUT2D eigenvalue weighted by atomic mass is 16.5. The summed E-state index contributed by atoms with van der Waals surface area (Å²) in [5, 5.41) is 6.09. The zero-order valence-corrected chi connectivity index (χ0v) is 11.1. The number of ether oxygens (including phenoxy) is 1. The largest absolute Gasteiger partial charge is 0.387 e. The summed E-state index contributed by atoms with van der Waals surface area (Å²) in [6, 6.07) is 6.04. The topological polar surface area (TPSA) is 50.4 Å². The lowest BCUT2D eigenvalue weighted by molar-refractivity contribution is 0.0176. The molecule has 0 radical (unpaired) electrons. The fourth-order valence-corrected chi connectivity index (χ4v) is 2.20. The maximum absolute atomic E-state index is 12.1. The summed E-state index contributed by atoms with van der Waals surface area (Å²) in [6.45, 7) is 2.01. The summed E-state index contributed by atoms with van der Waals surface area (Å²) in [4.78, 5) is 12.1. The molecule has 1 aromatic rings. The molecule has 0 spiro atoms. The van der Waals surface area contributed by atoms with E-state index < -0.39 is 0 Å². The van der Waals surface area contributed by atoms with Crippen LogP contribution in [-0.4, -0.2) is 32.2 Å². The van der Waals surface area contributed by atoms with Gasteiger partial charge in [0.2, 0.25) is 0 Å². The number of carbonyl (C=O) groups is 1. The lowest BCUT2D eigenvalue weighted by atomic mass is 9.89. The van der Waals surface area contributed by atoms with E-state index in [-0.39, 0.29) is 11.9 Å². The van der Waals surface area contributed by atoms with E-state index in [1.807, 2.05) is 32.2 Å². The lowest BCUT2D eigenvalue weighted by Crippen LogP contribution is -2.47. The van der Waals surface area contributed by atoms with Crippen LogP contribution in [-0.2, 0) is 4.74 Å². The summed E-state index contributed by atoms with van der Waals surface area (Å²) >= 11 is 0. The Hall–Kier alpha value is -1.55. The molecule has 0 atom stereocenters. The van der Waals surface area contributed by atoms with Crippen LogP contribution in [0.2, 0.25) is 0 Å². The van der Waals surface area contributed by atoms with Crippen molar-refractivity contribution in [3.05, 3.63) is 29.3 Å². The Bertz CT molecular complexity index is 439. The predicted octanol–water partition coefficient (Wildman–Crippen LogP) is 1.94. The Labute approximate surface area is 108 Å². The average Bonchev–Trinajstić information content (AvgIpc) is 2.32. The first kappa shape index (κ1) is 12.9. The molecule has 0 heterocycles. The highest BCUT2D eigenvalue weighted by molar-refractivity contribution is 5.99. The molecule has 2 rings (SSSR count). The molecular weight excluding hydrogens is 228 g/mol. The highest BCUT2D eigenvalue weighted by Crippen LogP contribution is 2.24. The Morgan fingerprint density at radius 1 is 1.39 bits per heavy atom. The molecule has 0 saturated heterocycles. The molecule has 1 aliphatic carbocycles. The number of rotatable bonds is 4. The number of anilines is 1. The first-order chi connectivity index (χ1) is 8.63. The Morgan fingerprint density at radius 3 is 2.72 bits per heavy atom. The molecule has 18 heavy (non-hydrogen) atoms. The fourth-order valence-electron chi connectivity index (χ4n) is 2.20. The zero-order valence-electron chi connectivity index (χ0n) is 11.1. The maximum Gasteiger partial charge on any atom is 0.253 e. The second kappa shape index (κ2) is 5.40. The van der Waals surface area contributed by atoms with E-state index in [0.717, 1.165) is 24.1 Å². The standard InChI is InChI=1S/C14H20N2O2/c1-9-4-5-12(13(6-9)15-2)14(17)16-10-7-11(8-10)18-3/h4-6,10-11,15H,7-8H2,1-3H3,(H,16,17). The van der Waals surface area contributed by atoms with Crippen LogP contribution < -0.4 is 10.6 Å². The predicted molar refractivity (Wildman–Crippen MR) is 72.0 cm³/mol. The van der Waals surface area contributed by atoms with Gasteiger partial charge in [0.15, 0.2) is 0 Å². The van der Waals surface area contributed by atoms with Crippen molar-refractivity contribution in [2.75, 3.05) is 19.5 Å². The quantitative estimate of drug-likeness (QED) is 0.856. The first-order valence-corrected chi connectivity index (χ1v) is 6.26. The van der Waals surface area contributed by atoms with Crippen LogP contribution in [0, 0.1) is 6.92 Å². The van der Waals surface area contributed by atoms with Crippen molar-refractivity contribution in [3.63, 3.8) is 0 Å². The smallest absolute Gasteiger partial charge is 0.253 e. The van der Waals surface area contributed by atoms with Crippen molar-refractivity contribution in [3.8, 4) is 0 Å². The van der Waals surface area contributed by atoms with Crippen LogP contribution in [0.1, 0.15) is 28.8 Å². The van der Waals surface area contributed by atoms with Gasteiger partial charge in [-0.2, -0.15) is 0 Å². The van der Waals surface area contributed by atoms with Crippen LogP contribution in [0.25, 0.3) is 0 Å². The van der Waals surface area contributed by atoms with Gasteiger partial charge in [-0.15, -0.1) is 0 Å². The number of aryl methyl sites for hydroxylation is 1. The molecule has 0 bridgehead atoms. The van der Waals surface area contributed by atoms with Crippen molar-refractivity contribution < 1.29 is 9.53 Å². The van der Waals surface area contributed by atoms with Crippen molar-refractivity contribution in [2.45, 2.75) is 31.9 Å². The molecule has 1 fully saturated rings. The molecule has 0 unspecified atom stereocenters. The number of amides is 1. The van der Waals surface area contributed by atoms with Crippen LogP contribution in [0.5, 0.6) is 0 Å². The van der Waals surface area contributed by atoms with Gasteiger partial charge >= 0.3 is 0 Å². The molecular formula is C14H20N2O2. The number of benzene rings is 1. The van der Waals surface area contributed by atoms with Gasteiger partial charge in [0.25, 0.3) is 5.91 Å². The summed E-state index contributed by atoms with van der Waals surface area (Å²) < 4.78 is 5.20. The van der Waals surface area contributed by atoms with Gasteiger partial charge < -0.3 is 15.4 Å². The van der Waals surface area contributed by atoms with Crippen molar-refractivity contribution in [1.29, 1.82) is 0 Å². The molecule has 1 amide bonds. The molecule has 0 aromatic heterocycles. The lowest BCUT2D eigenvalue weighted by Gasteiger charge is -2.34. The van der Waals surface area contributed by atoms with Gasteiger partial charge in [0.1, 0.15) is 0 Å². The first-order valence-electron chi connectivity index (χ1n) is 6.26. The number of carbonyl (C=O) groups excluding carboxylic acids is 1. The van der Waals surface area contributed by atoms with Crippen LogP contribution in [0.4, 0.5) is 5.69 Å². The van der Waals surface area contributed by atoms with Gasteiger partial charge in [0, 0.05) is 25.9 Å². The van der Waals surface area contributed by atoms with Gasteiger partial charge in [-0.05, 0) is 37.5 Å².